The number of aryl methyl sites for hydroxylation is 1. The van der Waals surface area contributed by atoms with E-state index in [9.17, 15) is 0 Å². The molecule has 0 spiro atoms. The molecule has 0 aliphatic heterocycles. The Bertz CT molecular complexity index is 383. The standard InChI is InChI=1S/C16H25NO/c1-12(2)15-8-5-13(3)11-16(15)18-10-4-9-17-14-6-7-14/h5,8,11-12,14,17H,4,6-7,9-10H2,1-3H3. The number of rotatable bonds is 7. The quantitative estimate of drug-likeness (QED) is 0.743. The fourth-order valence-electron chi connectivity index (χ4n) is 2.09. The van der Waals surface area contributed by atoms with Crippen molar-refractivity contribution >= 4 is 0 Å². The maximum Gasteiger partial charge on any atom is 0.122 e. The molecule has 1 aromatic carbocycles. The van der Waals surface area contributed by atoms with Crippen molar-refractivity contribution in [3.63, 3.8) is 0 Å². The molecular formula is C16H25NO. The van der Waals surface area contributed by atoms with Gasteiger partial charge < -0.3 is 10.1 Å². The summed E-state index contributed by atoms with van der Waals surface area (Å²) in [4.78, 5) is 0. The molecule has 0 saturated heterocycles. The highest BCUT2D eigenvalue weighted by atomic mass is 16.5. The molecule has 2 rings (SSSR count). The van der Waals surface area contributed by atoms with Crippen LogP contribution in [0, 0.1) is 6.92 Å². The molecule has 2 heteroatoms. The van der Waals surface area contributed by atoms with Crippen LogP contribution < -0.4 is 10.1 Å². The molecule has 1 N–H and O–H groups in total. The van der Waals surface area contributed by atoms with E-state index >= 15 is 0 Å². The van der Waals surface area contributed by atoms with Gasteiger partial charge in [0.2, 0.25) is 0 Å². The molecular weight excluding hydrogens is 222 g/mol. The lowest BCUT2D eigenvalue weighted by molar-refractivity contribution is 0.303. The van der Waals surface area contributed by atoms with Crippen molar-refractivity contribution < 1.29 is 4.74 Å². The Morgan fingerprint density at radius 1 is 1.33 bits per heavy atom. The molecule has 1 aromatic rings. The molecule has 1 aliphatic rings. The van der Waals surface area contributed by atoms with Crippen molar-refractivity contribution in [1.82, 2.24) is 5.32 Å². The summed E-state index contributed by atoms with van der Waals surface area (Å²) in [5.74, 6) is 1.58. The molecule has 0 unspecified atom stereocenters. The van der Waals surface area contributed by atoms with E-state index < -0.39 is 0 Å². The number of nitrogens with one attached hydrogen (secondary N) is 1. The highest BCUT2D eigenvalue weighted by molar-refractivity contribution is 5.39. The van der Waals surface area contributed by atoms with E-state index in [4.69, 9.17) is 4.74 Å². The van der Waals surface area contributed by atoms with E-state index in [1.807, 2.05) is 0 Å². The zero-order valence-corrected chi connectivity index (χ0v) is 11.8. The van der Waals surface area contributed by atoms with Crippen LogP contribution in [0.5, 0.6) is 5.75 Å². The predicted molar refractivity (Wildman–Crippen MR) is 76.4 cm³/mol. The second kappa shape index (κ2) is 6.24. The summed E-state index contributed by atoms with van der Waals surface area (Å²) in [6, 6.07) is 7.31. The van der Waals surface area contributed by atoms with E-state index in [0.717, 1.165) is 31.4 Å². The van der Waals surface area contributed by atoms with Crippen molar-refractivity contribution in [3.05, 3.63) is 29.3 Å². The van der Waals surface area contributed by atoms with Crippen molar-refractivity contribution in [3.8, 4) is 5.75 Å². The molecule has 100 valence electrons. The molecule has 1 saturated carbocycles. The number of ether oxygens (including phenoxy) is 1. The first kappa shape index (κ1) is 13.4. The minimum atomic E-state index is 0.519. The lowest BCUT2D eigenvalue weighted by Crippen LogP contribution is -2.19. The third-order valence-electron chi connectivity index (χ3n) is 3.38. The van der Waals surface area contributed by atoms with Crippen LogP contribution in [-0.2, 0) is 0 Å². The minimum Gasteiger partial charge on any atom is -0.493 e. The first-order chi connectivity index (χ1) is 8.66. The molecule has 1 fully saturated rings. The third-order valence-corrected chi connectivity index (χ3v) is 3.38. The van der Waals surface area contributed by atoms with Gasteiger partial charge >= 0.3 is 0 Å². The number of hydrogen-bond acceptors (Lipinski definition) is 2. The average molecular weight is 247 g/mol. The second-order valence-electron chi connectivity index (χ2n) is 5.63. The van der Waals surface area contributed by atoms with Gasteiger partial charge in [0.1, 0.15) is 5.75 Å². The fourth-order valence-corrected chi connectivity index (χ4v) is 2.09. The molecule has 18 heavy (non-hydrogen) atoms. The Kier molecular flexibility index (Phi) is 4.65. The van der Waals surface area contributed by atoms with Crippen LogP contribution in [0.4, 0.5) is 0 Å². The second-order valence-corrected chi connectivity index (χ2v) is 5.63. The summed E-state index contributed by atoms with van der Waals surface area (Å²) in [5.41, 5.74) is 2.58. The molecule has 0 amide bonds. The average Bonchev–Trinajstić information content (AvgIpc) is 3.12. The van der Waals surface area contributed by atoms with Gasteiger partial charge in [-0.3, -0.25) is 0 Å². The SMILES string of the molecule is Cc1ccc(C(C)C)c(OCCCNC2CC2)c1. The number of benzene rings is 1. The Morgan fingerprint density at radius 3 is 2.78 bits per heavy atom. The Labute approximate surface area is 111 Å². The zero-order chi connectivity index (χ0) is 13.0. The Hall–Kier alpha value is -1.02. The topological polar surface area (TPSA) is 21.3 Å². The molecule has 0 bridgehead atoms. The number of hydrogen-bond donors (Lipinski definition) is 1. The maximum atomic E-state index is 5.94. The molecule has 1 aliphatic carbocycles. The minimum absolute atomic E-state index is 0.519. The van der Waals surface area contributed by atoms with Gasteiger partial charge in [0.05, 0.1) is 6.61 Å². The van der Waals surface area contributed by atoms with Crippen LogP contribution >= 0.6 is 0 Å². The smallest absolute Gasteiger partial charge is 0.122 e. The van der Waals surface area contributed by atoms with Gasteiger partial charge in [-0.05, 0) is 55.8 Å². The summed E-state index contributed by atoms with van der Waals surface area (Å²) < 4.78 is 5.94. The normalized spacial score (nSPS) is 15.1. The summed E-state index contributed by atoms with van der Waals surface area (Å²) >= 11 is 0. The van der Waals surface area contributed by atoms with Crippen LogP contribution in [0.25, 0.3) is 0 Å². The van der Waals surface area contributed by atoms with Crippen molar-refractivity contribution in [2.45, 2.75) is 52.0 Å². The summed E-state index contributed by atoms with van der Waals surface area (Å²) in [6.07, 6.45) is 3.80. The van der Waals surface area contributed by atoms with Crippen LogP contribution in [0.1, 0.15) is 50.2 Å². The highest BCUT2D eigenvalue weighted by Gasteiger charge is 2.19. The van der Waals surface area contributed by atoms with Crippen molar-refractivity contribution in [2.24, 2.45) is 0 Å². The van der Waals surface area contributed by atoms with E-state index in [1.165, 1.54) is 24.0 Å². The van der Waals surface area contributed by atoms with Gasteiger partial charge in [-0.25, -0.2) is 0 Å². The monoisotopic (exact) mass is 247 g/mol. The first-order valence-corrected chi connectivity index (χ1v) is 7.13. The van der Waals surface area contributed by atoms with Gasteiger partial charge in [-0.15, -0.1) is 0 Å². The van der Waals surface area contributed by atoms with Gasteiger partial charge in [0.15, 0.2) is 0 Å². The Balaban J connectivity index is 1.80. The molecule has 0 heterocycles. The van der Waals surface area contributed by atoms with E-state index in [1.54, 1.807) is 0 Å². The van der Waals surface area contributed by atoms with Gasteiger partial charge in [0, 0.05) is 6.04 Å². The Morgan fingerprint density at radius 2 is 2.11 bits per heavy atom. The molecule has 0 aromatic heterocycles. The van der Waals surface area contributed by atoms with Crippen LogP contribution in [0.15, 0.2) is 18.2 Å². The lowest BCUT2D eigenvalue weighted by atomic mass is 10.0. The summed E-state index contributed by atoms with van der Waals surface area (Å²) in [5, 5.41) is 3.51. The predicted octanol–water partition coefficient (Wildman–Crippen LogP) is 3.64. The fraction of sp³-hybridized carbons (Fsp3) is 0.625. The van der Waals surface area contributed by atoms with E-state index in [2.05, 4.69) is 44.3 Å². The van der Waals surface area contributed by atoms with Crippen LogP contribution in [0.2, 0.25) is 0 Å². The lowest BCUT2D eigenvalue weighted by Gasteiger charge is -2.15. The zero-order valence-electron chi connectivity index (χ0n) is 11.8. The van der Waals surface area contributed by atoms with Crippen molar-refractivity contribution in [2.75, 3.05) is 13.2 Å². The van der Waals surface area contributed by atoms with Crippen molar-refractivity contribution in [1.29, 1.82) is 0 Å². The molecule has 0 atom stereocenters. The van der Waals surface area contributed by atoms with Crippen LogP contribution in [0.3, 0.4) is 0 Å². The summed E-state index contributed by atoms with van der Waals surface area (Å²) in [6.45, 7) is 8.43. The van der Waals surface area contributed by atoms with Gasteiger partial charge in [0.25, 0.3) is 0 Å². The van der Waals surface area contributed by atoms with Gasteiger partial charge in [-0.2, -0.15) is 0 Å². The van der Waals surface area contributed by atoms with Crippen LogP contribution in [-0.4, -0.2) is 19.2 Å². The molecule has 0 radical (unpaired) electrons. The van der Waals surface area contributed by atoms with E-state index in [-0.39, 0.29) is 0 Å². The van der Waals surface area contributed by atoms with E-state index in [0.29, 0.717) is 5.92 Å². The first-order valence-electron chi connectivity index (χ1n) is 7.13. The third kappa shape index (κ3) is 4.02. The molecule has 2 nitrogen and oxygen atoms in total. The summed E-state index contributed by atoms with van der Waals surface area (Å²) in [7, 11) is 0. The highest BCUT2D eigenvalue weighted by Crippen LogP contribution is 2.27. The van der Waals surface area contributed by atoms with Gasteiger partial charge in [-0.1, -0.05) is 26.0 Å². The maximum absolute atomic E-state index is 5.94. The largest absolute Gasteiger partial charge is 0.493 e.